The molecular formula is C13H16N2O3S. The van der Waals surface area contributed by atoms with E-state index < -0.39 is 0 Å². The number of thiocarbonyl (C=S) groups is 1. The van der Waals surface area contributed by atoms with Crippen LogP contribution in [0, 0.1) is 0 Å². The van der Waals surface area contributed by atoms with Crippen molar-refractivity contribution in [2.45, 2.75) is 0 Å². The normalized spacial score (nSPS) is 14.9. The minimum Gasteiger partial charge on any atom is -0.497 e. The molecule has 1 aliphatic heterocycles. The van der Waals surface area contributed by atoms with E-state index in [1.165, 1.54) is 0 Å². The molecule has 102 valence electrons. The Morgan fingerprint density at radius 3 is 2.53 bits per heavy atom. The topological polar surface area (TPSA) is 50.8 Å². The van der Waals surface area contributed by atoms with Gasteiger partial charge in [0.05, 0.1) is 20.3 Å². The summed E-state index contributed by atoms with van der Waals surface area (Å²) in [6.07, 6.45) is 0. The van der Waals surface area contributed by atoms with Crippen LogP contribution in [-0.4, -0.2) is 49.2 Å². The van der Waals surface area contributed by atoms with Crippen LogP contribution in [0.1, 0.15) is 0 Å². The molecule has 0 atom stereocenters. The van der Waals surface area contributed by atoms with E-state index in [4.69, 9.17) is 21.7 Å². The molecule has 19 heavy (non-hydrogen) atoms. The molecule has 1 amide bonds. The van der Waals surface area contributed by atoms with Gasteiger partial charge in [-0.25, -0.2) is 0 Å². The van der Waals surface area contributed by atoms with E-state index in [0.29, 0.717) is 37.0 Å². The third kappa shape index (κ3) is 3.65. The average Bonchev–Trinajstić information content (AvgIpc) is 2.48. The van der Waals surface area contributed by atoms with E-state index in [1.54, 1.807) is 31.4 Å². The first kappa shape index (κ1) is 13.8. The maximum Gasteiger partial charge on any atom is 0.283 e. The van der Waals surface area contributed by atoms with E-state index in [0.717, 1.165) is 5.75 Å². The molecule has 0 radical (unpaired) electrons. The summed E-state index contributed by atoms with van der Waals surface area (Å²) in [7, 11) is 1.60. The fourth-order valence-electron chi connectivity index (χ4n) is 1.77. The molecule has 5 nitrogen and oxygen atoms in total. The molecule has 0 spiro atoms. The van der Waals surface area contributed by atoms with E-state index in [2.05, 4.69) is 5.32 Å². The summed E-state index contributed by atoms with van der Waals surface area (Å²) in [5.74, 6) is 0.482. The zero-order valence-corrected chi connectivity index (χ0v) is 11.5. The van der Waals surface area contributed by atoms with Gasteiger partial charge in [-0.3, -0.25) is 4.79 Å². The summed E-state index contributed by atoms with van der Waals surface area (Å²) >= 11 is 5.18. The lowest BCUT2D eigenvalue weighted by atomic mass is 10.3. The number of amides is 1. The summed E-state index contributed by atoms with van der Waals surface area (Å²) in [4.78, 5) is 14.2. The molecule has 0 unspecified atom stereocenters. The smallest absolute Gasteiger partial charge is 0.283 e. The van der Waals surface area contributed by atoms with Gasteiger partial charge in [0.1, 0.15) is 5.75 Å². The Labute approximate surface area is 117 Å². The first-order valence-corrected chi connectivity index (χ1v) is 6.43. The zero-order valence-electron chi connectivity index (χ0n) is 10.7. The van der Waals surface area contributed by atoms with Gasteiger partial charge < -0.3 is 19.7 Å². The summed E-state index contributed by atoms with van der Waals surface area (Å²) in [5, 5.41) is 2.77. The second kappa shape index (κ2) is 6.49. The number of carbonyl (C=O) groups is 1. The summed E-state index contributed by atoms with van der Waals surface area (Å²) < 4.78 is 10.3. The van der Waals surface area contributed by atoms with Crippen molar-refractivity contribution in [3.8, 4) is 5.75 Å². The number of hydrogen-bond acceptors (Lipinski definition) is 4. The second-order valence-electron chi connectivity index (χ2n) is 4.09. The van der Waals surface area contributed by atoms with Crippen molar-refractivity contribution in [2.75, 3.05) is 38.7 Å². The Kier molecular flexibility index (Phi) is 4.70. The van der Waals surface area contributed by atoms with E-state index in [-0.39, 0.29) is 5.91 Å². The Morgan fingerprint density at radius 2 is 1.95 bits per heavy atom. The van der Waals surface area contributed by atoms with Crippen LogP contribution in [-0.2, 0) is 9.53 Å². The molecule has 1 heterocycles. The molecule has 1 aromatic carbocycles. The van der Waals surface area contributed by atoms with Gasteiger partial charge in [-0.05, 0) is 24.3 Å². The van der Waals surface area contributed by atoms with Gasteiger partial charge in [-0.15, -0.1) is 0 Å². The Bertz CT molecular complexity index is 455. The van der Waals surface area contributed by atoms with Crippen LogP contribution in [0.15, 0.2) is 24.3 Å². The van der Waals surface area contributed by atoms with Crippen molar-refractivity contribution in [1.29, 1.82) is 0 Å². The summed E-state index contributed by atoms with van der Waals surface area (Å²) in [6.45, 7) is 2.54. The summed E-state index contributed by atoms with van der Waals surface area (Å²) in [5.41, 5.74) is 0.696. The number of nitrogens with one attached hydrogen (secondary N) is 1. The SMILES string of the molecule is COc1ccc(NC(=O)C(=S)N2CCOCC2)cc1. The van der Waals surface area contributed by atoms with E-state index in [1.807, 2.05) is 4.90 Å². The predicted molar refractivity (Wildman–Crippen MR) is 76.6 cm³/mol. The van der Waals surface area contributed by atoms with Crippen LogP contribution in [0.3, 0.4) is 0 Å². The number of nitrogens with zero attached hydrogens (tertiary/aromatic N) is 1. The molecule has 0 bridgehead atoms. The third-order valence-corrected chi connectivity index (χ3v) is 3.28. The average molecular weight is 280 g/mol. The van der Waals surface area contributed by atoms with Crippen LogP contribution < -0.4 is 10.1 Å². The highest BCUT2D eigenvalue weighted by Crippen LogP contribution is 2.15. The fraction of sp³-hybridized carbons (Fsp3) is 0.385. The molecule has 0 aliphatic carbocycles. The van der Waals surface area contributed by atoms with Crippen molar-refractivity contribution in [1.82, 2.24) is 4.90 Å². The molecule has 1 N–H and O–H groups in total. The van der Waals surface area contributed by atoms with Gasteiger partial charge >= 0.3 is 0 Å². The first-order valence-electron chi connectivity index (χ1n) is 6.03. The molecule has 1 aliphatic rings. The van der Waals surface area contributed by atoms with Gasteiger partial charge in [-0.2, -0.15) is 0 Å². The number of hydrogen-bond donors (Lipinski definition) is 1. The van der Waals surface area contributed by atoms with Gasteiger partial charge in [-0.1, -0.05) is 12.2 Å². The van der Waals surface area contributed by atoms with Crippen molar-refractivity contribution in [2.24, 2.45) is 0 Å². The van der Waals surface area contributed by atoms with Crippen LogP contribution in [0.5, 0.6) is 5.75 Å². The number of anilines is 1. The highest BCUT2D eigenvalue weighted by atomic mass is 32.1. The van der Waals surface area contributed by atoms with Crippen molar-refractivity contribution in [3.63, 3.8) is 0 Å². The lowest BCUT2D eigenvalue weighted by Gasteiger charge is -2.28. The lowest BCUT2D eigenvalue weighted by Crippen LogP contribution is -2.44. The quantitative estimate of drug-likeness (QED) is 0.827. The molecule has 1 aromatic rings. The minimum atomic E-state index is -0.262. The monoisotopic (exact) mass is 280 g/mol. The number of ether oxygens (including phenoxy) is 2. The zero-order chi connectivity index (χ0) is 13.7. The van der Waals surface area contributed by atoms with Crippen molar-refractivity contribution >= 4 is 28.8 Å². The Hall–Kier alpha value is -1.66. The minimum absolute atomic E-state index is 0.262. The highest BCUT2D eigenvalue weighted by Gasteiger charge is 2.19. The highest BCUT2D eigenvalue weighted by molar-refractivity contribution is 7.82. The standard InChI is InChI=1S/C13H16N2O3S/c1-17-11-4-2-10(3-5-11)14-12(16)13(19)15-6-8-18-9-7-15/h2-5H,6-9H2,1H3,(H,14,16). The van der Waals surface area contributed by atoms with Gasteiger partial charge in [0.2, 0.25) is 0 Å². The largest absolute Gasteiger partial charge is 0.497 e. The van der Waals surface area contributed by atoms with Crippen molar-refractivity contribution < 1.29 is 14.3 Å². The molecule has 0 aromatic heterocycles. The summed E-state index contributed by atoms with van der Waals surface area (Å²) in [6, 6.07) is 7.12. The molecule has 1 fully saturated rings. The number of methoxy groups -OCH3 is 1. The van der Waals surface area contributed by atoms with Crippen LogP contribution in [0.2, 0.25) is 0 Å². The molecule has 6 heteroatoms. The Balaban J connectivity index is 1.93. The predicted octanol–water partition coefficient (Wildman–Crippen LogP) is 1.29. The second-order valence-corrected chi connectivity index (χ2v) is 4.47. The third-order valence-electron chi connectivity index (χ3n) is 2.84. The molecular weight excluding hydrogens is 264 g/mol. The van der Waals surface area contributed by atoms with Crippen molar-refractivity contribution in [3.05, 3.63) is 24.3 Å². The lowest BCUT2D eigenvalue weighted by molar-refractivity contribution is -0.111. The number of rotatable bonds is 2. The van der Waals surface area contributed by atoms with Crippen LogP contribution in [0.25, 0.3) is 0 Å². The van der Waals surface area contributed by atoms with E-state index >= 15 is 0 Å². The molecule has 0 saturated carbocycles. The number of morpholine rings is 1. The van der Waals surface area contributed by atoms with Gasteiger partial charge in [0, 0.05) is 18.8 Å². The number of carbonyl (C=O) groups excluding carboxylic acids is 1. The molecule has 1 saturated heterocycles. The molecule has 2 rings (SSSR count). The first-order chi connectivity index (χ1) is 9.20. The van der Waals surface area contributed by atoms with Crippen LogP contribution in [0.4, 0.5) is 5.69 Å². The maximum atomic E-state index is 12.0. The van der Waals surface area contributed by atoms with Gasteiger partial charge in [0.15, 0.2) is 4.99 Å². The number of benzene rings is 1. The van der Waals surface area contributed by atoms with Crippen LogP contribution >= 0.6 is 12.2 Å². The van der Waals surface area contributed by atoms with Gasteiger partial charge in [0.25, 0.3) is 5.91 Å². The fourth-order valence-corrected chi connectivity index (χ4v) is 2.00. The maximum absolute atomic E-state index is 12.0. The Morgan fingerprint density at radius 1 is 1.32 bits per heavy atom. The van der Waals surface area contributed by atoms with E-state index in [9.17, 15) is 4.79 Å².